The largest absolute Gasteiger partial charge is 0.496 e. The van der Waals surface area contributed by atoms with Gasteiger partial charge in [0.25, 0.3) is 0 Å². The summed E-state index contributed by atoms with van der Waals surface area (Å²) >= 11 is 0. The van der Waals surface area contributed by atoms with Crippen LogP contribution in [0.4, 0.5) is 0 Å². The monoisotopic (exact) mass is 269 g/mol. The molecule has 0 atom stereocenters. The van der Waals surface area contributed by atoms with Gasteiger partial charge in [-0.05, 0) is 16.8 Å². The molecule has 2 amide bonds. The first kappa shape index (κ1) is 12.7. The minimum Gasteiger partial charge on any atom is -0.496 e. The highest BCUT2D eigenvalue weighted by Crippen LogP contribution is 2.38. The van der Waals surface area contributed by atoms with Crippen molar-refractivity contribution in [1.82, 2.24) is 5.32 Å². The zero-order valence-electron chi connectivity index (χ0n) is 11.2. The van der Waals surface area contributed by atoms with E-state index < -0.39 is 0 Å². The summed E-state index contributed by atoms with van der Waals surface area (Å²) in [6, 6.07) is 11.8. The van der Waals surface area contributed by atoms with Gasteiger partial charge in [-0.15, -0.1) is 0 Å². The Hall–Kier alpha value is -2.36. The molecule has 2 aromatic rings. The standard InChI is InChI=1S/C16H15NO3/c1-20-13-7-6-10-4-2-3-5-12(10)16(13)11-8-14(18)17-15(19)9-11/h2-7,11H,8-9H2,1H3,(H,17,18,19). The first-order chi connectivity index (χ1) is 9.69. The quantitative estimate of drug-likeness (QED) is 0.851. The number of benzene rings is 2. The normalized spacial score (nSPS) is 16.2. The van der Waals surface area contributed by atoms with Gasteiger partial charge in [0.15, 0.2) is 0 Å². The molecule has 1 fully saturated rings. The summed E-state index contributed by atoms with van der Waals surface area (Å²) in [5.41, 5.74) is 0.953. The third-order valence-corrected chi connectivity index (χ3v) is 3.70. The van der Waals surface area contributed by atoms with Gasteiger partial charge in [-0.25, -0.2) is 0 Å². The summed E-state index contributed by atoms with van der Waals surface area (Å²) in [6.45, 7) is 0. The maximum absolute atomic E-state index is 11.6. The zero-order valence-corrected chi connectivity index (χ0v) is 11.2. The molecule has 4 heteroatoms. The fraction of sp³-hybridized carbons (Fsp3) is 0.250. The molecule has 4 nitrogen and oxygen atoms in total. The van der Waals surface area contributed by atoms with Crippen LogP contribution in [0.1, 0.15) is 24.3 Å². The lowest BCUT2D eigenvalue weighted by atomic mass is 9.85. The Labute approximate surface area is 116 Å². The predicted molar refractivity (Wildman–Crippen MR) is 75.6 cm³/mol. The molecule has 3 rings (SSSR count). The van der Waals surface area contributed by atoms with Crippen LogP contribution in [-0.2, 0) is 9.59 Å². The van der Waals surface area contributed by atoms with Crippen molar-refractivity contribution in [2.75, 3.05) is 7.11 Å². The molecule has 0 aromatic heterocycles. The minimum absolute atomic E-state index is 0.128. The molecule has 0 aliphatic carbocycles. The van der Waals surface area contributed by atoms with E-state index in [1.54, 1.807) is 7.11 Å². The topological polar surface area (TPSA) is 55.4 Å². The molecule has 20 heavy (non-hydrogen) atoms. The van der Waals surface area contributed by atoms with E-state index in [1.807, 2.05) is 36.4 Å². The lowest BCUT2D eigenvalue weighted by molar-refractivity contribution is -0.133. The van der Waals surface area contributed by atoms with Gasteiger partial charge < -0.3 is 4.74 Å². The molecule has 2 aromatic carbocycles. The van der Waals surface area contributed by atoms with Crippen LogP contribution in [0, 0.1) is 0 Å². The summed E-state index contributed by atoms with van der Waals surface area (Å²) in [7, 11) is 1.61. The Kier molecular flexibility index (Phi) is 3.14. The highest BCUT2D eigenvalue weighted by molar-refractivity contribution is 6.00. The second-order valence-corrected chi connectivity index (χ2v) is 4.98. The van der Waals surface area contributed by atoms with Gasteiger partial charge >= 0.3 is 0 Å². The number of carbonyl (C=O) groups excluding carboxylic acids is 2. The fourth-order valence-corrected chi connectivity index (χ4v) is 2.86. The number of hydrogen-bond donors (Lipinski definition) is 1. The van der Waals surface area contributed by atoms with Crippen LogP contribution < -0.4 is 10.1 Å². The number of amides is 2. The maximum atomic E-state index is 11.6. The van der Waals surface area contributed by atoms with Crippen LogP contribution in [0.15, 0.2) is 36.4 Å². The van der Waals surface area contributed by atoms with Gasteiger partial charge in [-0.2, -0.15) is 0 Å². The van der Waals surface area contributed by atoms with E-state index in [2.05, 4.69) is 5.32 Å². The fourth-order valence-electron chi connectivity index (χ4n) is 2.86. The summed E-state index contributed by atoms with van der Waals surface area (Å²) in [5.74, 6) is 0.163. The van der Waals surface area contributed by atoms with Crippen molar-refractivity contribution in [3.63, 3.8) is 0 Å². The Morgan fingerprint density at radius 3 is 2.45 bits per heavy atom. The summed E-state index contributed by atoms with van der Waals surface area (Å²) < 4.78 is 5.43. The van der Waals surface area contributed by atoms with Crippen LogP contribution in [-0.4, -0.2) is 18.9 Å². The van der Waals surface area contributed by atoms with E-state index in [9.17, 15) is 9.59 Å². The molecule has 0 spiro atoms. The van der Waals surface area contributed by atoms with Gasteiger partial charge in [0.05, 0.1) is 7.11 Å². The van der Waals surface area contributed by atoms with Crippen molar-refractivity contribution in [2.24, 2.45) is 0 Å². The summed E-state index contributed by atoms with van der Waals surface area (Å²) in [5, 5.41) is 4.47. The van der Waals surface area contributed by atoms with Crippen molar-refractivity contribution >= 4 is 22.6 Å². The molecule has 1 aliphatic heterocycles. The smallest absolute Gasteiger partial charge is 0.227 e. The lowest BCUT2D eigenvalue weighted by Gasteiger charge is -2.24. The Morgan fingerprint density at radius 1 is 1.05 bits per heavy atom. The average Bonchev–Trinajstić information content (AvgIpc) is 2.45. The number of fused-ring (bicyclic) bond motifs is 1. The Bertz CT molecular complexity index is 677. The molecule has 1 saturated heterocycles. The van der Waals surface area contributed by atoms with Crippen molar-refractivity contribution in [3.8, 4) is 5.75 Å². The molecular formula is C16H15NO3. The van der Waals surface area contributed by atoms with E-state index in [4.69, 9.17) is 4.74 Å². The van der Waals surface area contributed by atoms with Gasteiger partial charge in [0.2, 0.25) is 11.8 Å². The highest BCUT2D eigenvalue weighted by Gasteiger charge is 2.29. The first-order valence-corrected chi connectivity index (χ1v) is 6.57. The second kappa shape index (κ2) is 4.96. The van der Waals surface area contributed by atoms with Gasteiger partial charge in [-0.1, -0.05) is 30.3 Å². The van der Waals surface area contributed by atoms with Gasteiger partial charge in [-0.3, -0.25) is 14.9 Å². The Balaban J connectivity index is 2.17. The number of ether oxygens (including phenoxy) is 1. The van der Waals surface area contributed by atoms with E-state index in [0.717, 1.165) is 22.1 Å². The predicted octanol–water partition coefficient (Wildman–Crippen LogP) is 2.37. The molecule has 0 radical (unpaired) electrons. The van der Waals surface area contributed by atoms with Crippen LogP contribution >= 0.6 is 0 Å². The number of piperidine rings is 1. The average molecular weight is 269 g/mol. The van der Waals surface area contributed by atoms with Crippen LogP contribution in [0.25, 0.3) is 10.8 Å². The van der Waals surface area contributed by atoms with Crippen molar-refractivity contribution < 1.29 is 14.3 Å². The van der Waals surface area contributed by atoms with Crippen LogP contribution in [0.2, 0.25) is 0 Å². The number of hydrogen-bond acceptors (Lipinski definition) is 3. The third-order valence-electron chi connectivity index (χ3n) is 3.70. The number of imide groups is 1. The van der Waals surface area contributed by atoms with Crippen molar-refractivity contribution in [2.45, 2.75) is 18.8 Å². The number of methoxy groups -OCH3 is 1. The number of nitrogens with one attached hydrogen (secondary N) is 1. The molecule has 0 bridgehead atoms. The van der Waals surface area contributed by atoms with Crippen LogP contribution in [0.3, 0.4) is 0 Å². The van der Waals surface area contributed by atoms with E-state index in [1.165, 1.54) is 0 Å². The van der Waals surface area contributed by atoms with Gasteiger partial charge in [0.1, 0.15) is 5.75 Å². The van der Waals surface area contributed by atoms with Crippen LogP contribution in [0.5, 0.6) is 5.75 Å². The van der Waals surface area contributed by atoms with Crippen molar-refractivity contribution in [3.05, 3.63) is 42.0 Å². The van der Waals surface area contributed by atoms with Crippen molar-refractivity contribution in [1.29, 1.82) is 0 Å². The van der Waals surface area contributed by atoms with E-state index >= 15 is 0 Å². The molecule has 0 unspecified atom stereocenters. The highest BCUT2D eigenvalue weighted by atomic mass is 16.5. The number of rotatable bonds is 2. The number of carbonyl (C=O) groups is 2. The van der Waals surface area contributed by atoms with Gasteiger partial charge in [0, 0.05) is 24.3 Å². The third kappa shape index (κ3) is 2.13. The lowest BCUT2D eigenvalue weighted by Crippen LogP contribution is -2.37. The zero-order chi connectivity index (χ0) is 14.1. The summed E-state index contributed by atoms with van der Waals surface area (Å²) in [4.78, 5) is 23.2. The Morgan fingerprint density at radius 2 is 1.75 bits per heavy atom. The molecule has 1 N–H and O–H groups in total. The summed E-state index contributed by atoms with van der Waals surface area (Å²) in [6.07, 6.45) is 0.631. The first-order valence-electron chi connectivity index (χ1n) is 6.57. The molecule has 0 saturated carbocycles. The minimum atomic E-state index is -0.221. The van der Waals surface area contributed by atoms with E-state index in [-0.39, 0.29) is 17.7 Å². The van der Waals surface area contributed by atoms with E-state index in [0.29, 0.717) is 12.8 Å². The molecular weight excluding hydrogens is 254 g/mol. The molecule has 102 valence electrons. The molecule has 1 heterocycles. The molecule has 1 aliphatic rings. The maximum Gasteiger partial charge on any atom is 0.227 e. The second-order valence-electron chi connectivity index (χ2n) is 4.98. The SMILES string of the molecule is COc1ccc2ccccc2c1C1CC(=O)NC(=O)C1.